The number of methoxy groups -OCH3 is 2. The van der Waals surface area contributed by atoms with Crippen molar-refractivity contribution in [3.63, 3.8) is 0 Å². The standard InChI is InChI=1S/C12H15N3O2S/c1-16-8-4-3-5-9(17-2)11(8)12(15-13)10-6-14-7-18-10/h3-7,12,15H,13H2,1-2H3. The van der Waals surface area contributed by atoms with Crippen LogP contribution in [0.2, 0.25) is 0 Å². The number of aromatic nitrogens is 1. The van der Waals surface area contributed by atoms with Gasteiger partial charge in [-0.2, -0.15) is 0 Å². The second-order valence-corrected chi connectivity index (χ2v) is 4.50. The lowest BCUT2D eigenvalue weighted by molar-refractivity contribution is 0.377. The van der Waals surface area contributed by atoms with Crippen LogP contribution < -0.4 is 20.7 Å². The summed E-state index contributed by atoms with van der Waals surface area (Å²) in [6, 6.07) is 5.43. The number of nitrogens with zero attached hydrogens (tertiary/aromatic N) is 1. The number of ether oxygens (including phenoxy) is 2. The largest absolute Gasteiger partial charge is 0.496 e. The second kappa shape index (κ2) is 5.81. The molecule has 0 amide bonds. The number of rotatable bonds is 5. The third-order valence-electron chi connectivity index (χ3n) is 2.66. The van der Waals surface area contributed by atoms with Gasteiger partial charge in [-0.05, 0) is 12.1 Å². The van der Waals surface area contributed by atoms with Crippen LogP contribution in [0.3, 0.4) is 0 Å². The van der Waals surface area contributed by atoms with E-state index in [9.17, 15) is 0 Å². The van der Waals surface area contributed by atoms with E-state index in [1.165, 1.54) is 11.3 Å². The lowest BCUT2D eigenvalue weighted by Gasteiger charge is -2.20. The summed E-state index contributed by atoms with van der Waals surface area (Å²) in [4.78, 5) is 5.07. The summed E-state index contributed by atoms with van der Waals surface area (Å²) in [5, 5.41) is 0. The molecular weight excluding hydrogens is 250 g/mol. The van der Waals surface area contributed by atoms with E-state index in [4.69, 9.17) is 15.3 Å². The van der Waals surface area contributed by atoms with Crippen LogP contribution in [0.4, 0.5) is 0 Å². The molecule has 0 spiro atoms. The SMILES string of the molecule is COc1cccc(OC)c1C(NN)c1cncs1. The predicted octanol–water partition coefficient (Wildman–Crippen LogP) is 1.71. The Kier molecular flexibility index (Phi) is 4.14. The van der Waals surface area contributed by atoms with Gasteiger partial charge in [-0.15, -0.1) is 11.3 Å². The van der Waals surface area contributed by atoms with E-state index >= 15 is 0 Å². The van der Waals surface area contributed by atoms with Gasteiger partial charge in [0, 0.05) is 11.1 Å². The Morgan fingerprint density at radius 3 is 2.39 bits per heavy atom. The van der Waals surface area contributed by atoms with E-state index in [1.54, 1.807) is 25.9 Å². The van der Waals surface area contributed by atoms with Crippen molar-refractivity contribution in [1.29, 1.82) is 0 Å². The lowest BCUT2D eigenvalue weighted by Crippen LogP contribution is -2.29. The van der Waals surface area contributed by atoms with Gasteiger partial charge >= 0.3 is 0 Å². The molecule has 18 heavy (non-hydrogen) atoms. The van der Waals surface area contributed by atoms with Crippen molar-refractivity contribution in [2.24, 2.45) is 5.84 Å². The molecule has 1 atom stereocenters. The fraction of sp³-hybridized carbons (Fsp3) is 0.250. The number of hydrogen-bond donors (Lipinski definition) is 2. The minimum atomic E-state index is -0.205. The van der Waals surface area contributed by atoms with Crippen molar-refractivity contribution >= 4 is 11.3 Å². The molecule has 2 rings (SSSR count). The van der Waals surface area contributed by atoms with Gasteiger partial charge in [0.15, 0.2) is 0 Å². The molecule has 3 N–H and O–H groups in total. The Morgan fingerprint density at radius 2 is 1.94 bits per heavy atom. The molecule has 1 heterocycles. The molecule has 0 fully saturated rings. The maximum absolute atomic E-state index is 5.66. The minimum Gasteiger partial charge on any atom is -0.496 e. The fourth-order valence-corrected chi connectivity index (χ4v) is 2.53. The molecule has 0 bridgehead atoms. The summed E-state index contributed by atoms with van der Waals surface area (Å²) in [7, 11) is 3.25. The molecule has 1 aromatic heterocycles. The smallest absolute Gasteiger partial charge is 0.127 e. The van der Waals surface area contributed by atoms with Crippen LogP contribution in [0, 0.1) is 0 Å². The number of hydrogen-bond acceptors (Lipinski definition) is 6. The first-order valence-corrected chi connectivity index (χ1v) is 6.25. The molecule has 1 aromatic carbocycles. The predicted molar refractivity (Wildman–Crippen MR) is 70.8 cm³/mol. The Labute approximate surface area is 110 Å². The number of nitrogens with one attached hydrogen (secondary N) is 1. The van der Waals surface area contributed by atoms with E-state index in [-0.39, 0.29) is 6.04 Å². The average molecular weight is 265 g/mol. The summed E-state index contributed by atoms with van der Waals surface area (Å²) in [5.41, 5.74) is 5.42. The van der Waals surface area contributed by atoms with Crippen LogP contribution in [0.25, 0.3) is 0 Å². The molecule has 1 unspecified atom stereocenters. The van der Waals surface area contributed by atoms with Crippen molar-refractivity contribution < 1.29 is 9.47 Å². The van der Waals surface area contributed by atoms with Gasteiger partial charge in [-0.1, -0.05) is 6.07 Å². The van der Waals surface area contributed by atoms with Crippen molar-refractivity contribution in [2.45, 2.75) is 6.04 Å². The summed E-state index contributed by atoms with van der Waals surface area (Å²) in [6.07, 6.45) is 1.78. The van der Waals surface area contributed by atoms with E-state index < -0.39 is 0 Å². The Hall–Kier alpha value is -1.63. The van der Waals surface area contributed by atoms with Crippen LogP contribution in [0.5, 0.6) is 11.5 Å². The van der Waals surface area contributed by atoms with Gasteiger partial charge in [-0.3, -0.25) is 10.8 Å². The summed E-state index contributed by atoms with van der Waals surface area (Å²) in [5.74, 6) is 7.12. The first-order chi connectivity index (χ1) is 8.81. The summed E-state index contributed by atoms with van der Waals surface area (Å²) in [6.45, 7) is 0. The highest BCUT2D eigenvalue weighted by atomic mass is 32.1. The highest BCUT2D eigenvalue weighted by Gasteiger charge is 2.22. The zero-order valence-electron chi connectivity index (χ0n) is 10.2. The normalized spacial score (nSPS) is 12.2. The highest BCUT2D eigenvalue weighted by Crippen LogP contribution is 2.37. The monoisotopic (exact) mass is 265 g/mol. The van der Waals surface area contributed by atoms with E-state index in [0.717, 1.165) is 21.9 Å². The van der Waals surface area contributed by atoms with E-state index in [2.05, 4.69) is 10.4 Å². The molecule has 0 saturated heterocycles. The van der Waals surface area contributed by atoms with Crippen molar-refractivity contribution in [1.82, 2.24) is 10.4 Å². The van der Waals surface area contributed by atoms with Crippen LogP contribution >= 0.6 is 11.3 Å². The molecule has 0 aliphatic rings. The summed E-state index contributed by atoms with van der Waals surface area (Å²) >= 11 is 1.52. The van der Waals surface area contributed by atoms with Gasteiger partial charge in [0.25, 0.3) is 0 Å². The van der Waals surface area contributed by atoms with Crippen LogP contribution in [-0.2, 0) is 0 Å². The van der Waals surface area contributed by atoms with E-state index in [0.29, 0.717) is 0 Å². The average Bonchev–Trinajstić information content (AvgIpc) is 2.93. The summed E-state index contributed by atoms with van der Waals surface area (Å²) < 4.78 is 10.8. The van der Waals surface area contributed by atoms with Crippen LogP contribution in [0.1, 0.15) is 16.5 Å². The Bertz CT molecular complexity index is 480. The van der Waals surface area contributed by atoms with Crippen molar-refractivity contribution in [2.75, 3.05) is 14.2 Å². The van der Waals surface area contributed by atoms with Gasteiger partial charge in [-0.25, -0.2) is 5.43 Å². The fourth-order valence-electron chi connectivity index (χ4n) is 1.84. The maximum atomic E-state index is 5.66. The molecule has 0 aliphatic carbocycles. The number of hydrazine groups is 1. The highest BCUT2D eigenvalue weighted by molar-refractivity contribution is 7.09. The zero-order valence-corrected chi connectivity index (χ0v) is 11.0. The Balaban J connectivity index is 2.53. The Morgan fingerprint density at radius 1 is 1.28 bits per heavy atom. The minimum absolute atomic E-state index is 0.205. The first kappa shape index (κ1) is 12.8. The quantitative estimate of drug-likeness (QED) is 0.636. The van der Waals surface area contributed by atoms with Gasteiger partial charge < -0.3 is 9.47 Å². The molecule has 96 valence electrons. The molecule has 0 saturated carbocycles. The third-order valence-corrected chi connectivity index (χ3v) is 3.50. The maximum Gasteiger partial charge on any atom is 0.127 e. The number of thiazole rings is 1. The zero-order chi connectivity index (χ0) is 13.0. The third kappa shape index (κ3) is 2.31. The number of nitrogens with two attached hydrogens (primary N) is 1. The molecule has 6 heteroatoms. The molecular formula is C12H15N3O2S. The van der Waals surface area contributed by atoms with Gasteiger partial charge in [0.05, 0.1) is 31.3 Å². The van der Waals surface area contributed by atoms with Crippen molar-refractivity contribution in [3.8, 4) is 11.5 Å². The van der Waals surface area contributed by atoms with Gasteiger partial charge in [0.1, 0.15) is 11.5 Å². The second-order valence-electron chi connectivity index (χ2n) is 3.58. The molecule has 2 aromatic rings. The van der Waals surface area contributed by atoms with E-state index in [1.807, 2.05) is 18.2 Å². The van der Waals surface area contributed by atoms with Crippen LogP contribution in [-0.4, -0.2) is 19.2 Å². The topological polar surface area (TPSA) is 69.4 Å². The molecule has 0 aliphatic heterocycles. The number of benzene rings is 1. The van der Waals surface area contributed by atoms with Gasteiger partial charge in [0.2, 0.25) is 0 Å². The molecule has 0 radical (unpaired) electrons. The van der Waals surface area contributed by atoms with Crippen molar-refractivity contribution in [3.05, 3.63) is 40.3 Å². The van der Waals surface area contributed by atoms with Crippen LogP contribution in [0.15, 0.2) is 29.9 Å². The lowest BCUT2D eigenvalue weighted by atomic mass is 10.0. The molecule has 5 nitrogen and oxygen atoms in total. The first-order valence-electron chi connectivity index (χ1n) is 5.37.